The fourth-order valence-corrected chi connectivity index (χ4v) is 1.36. The summed E-state index contributed by atoms with van der Waals surface area (Å²) in [6, 6.07) is 1.95. The van der Waals surface area contributed by atoms with E-state index in [4.69, 9.17) is 0 Å². The van der Waals surface area contributed by atoms with E-state index in [0.29, 0.717) is 13.0 Å². The number of rotatable bonds is 5. The molecule has 4 heteroatoms. The fourth-order valence-electron chi connectivity index (χ4n) is 1.36. The molecule has 1 rings (SSSR count). The second-order valence-corrected chi connectivity index (χ2v) is 3.40. The van der Waals surface area contributed by atoms with Gasteiger partial charge in [-0.05, 0) is 19.5 Å². The predicted octanol–water partition coefficient (Wildman–Crippen LogP) is 0.450. The van der Waals surface area contributed by atoms with Gasteiger partial charge in [-0.3, -0.25) is 9.48 Å². The molecule has 0 fully saturated rings. The second kappa shape index (κ2) is 4.91. The molecule has 0 amide bonds. The van der Waals surface area contributed by atoms with Crippen molar-refractivity contribution < 1.29 is 4.79 Å². The van der Waals surface area contributed by atoms with Crippen LogP contribution in [0.2, 0.25) is 0 Å². The first-order chi connectivity index (χ1) is 6.63. The molecule has 4 nitrogen and oxygen atoms in total. The summed E-state index contributed by atoms with van der Waals surface area (Å²) in [6.07, 6.45) is 0.463. The molecule has 0 bridgehead atoms. The number of hydrogen-bond acceptors (Lipinski definition) is 3. The monoisotopic (exact) mass is 195 g/mol. The summed E-state index contributed by atoms with van der Waals surface area (Å²) in [6.45, 7) is 5.19. The number of nitrogens with one attached hydrogen (secondary N) is 1. The average molecular weight is 195 g/mol. The Balaban J connectivity index is 2.51. The predicted molar refractivity (Wildman–Crippen MR) is 55.2 cm³/mol. The van der Waals surface area contributed by atoms with Crippen molar-refractivity contribution >= 4 is 5.78 Å². The van der Waals surface area contributed by atoms with Crippen LogP contribution in [0.3, 0.4) is 0 Å². The molecule has 0 aliphatic carbocycles. The summed E-state index contributed by atoms with van der Waals surface area (Å²) in [5, 5.41) is 7.20. The highest BCUT2D eigenvalue weighted by Gasteiger charge is 2.07. The Labute approximate surface area is 84.3 Å². The molecule has 0 saturated heterocycles. The van der Waals surface area contributed by atoms with Crippen molar-refractivity contribution in [2.75, 3.05) is 13.1 Å². The Hall–Kier alpha value is -1.16. The van der Waals surface area contributed by atoms with Crippen LogP contribution in [-0.4, -0.2) is 28.7 Å². The molecule has 0 atom stereocenters. The third kappa shape index (κ3) is 2.96. The smallest absolute Gasteiger partial charge is 0.152 e. The van der Waals surface area contributed by atoms with E-state index in [9.17, 15) is 4.79 Å². The summed E-state index contributed by atoms with van der Waals surface area (Å²) in [4.78, 5) is 11.4. The van der Waals surface area contributed by atoms with E-state index < -0.39 is 0 Å². The van der Waals surface area contributed by atoms with Crippen molar-refractivity contribution in [2.24, 2.45) is 7.05 Å². The molecule has 0 spiro atoms. The Morgan fingerprint density at radius 3 is 2.86 bits per heavy atom. The molecule has 0 saturated carbocycles. The lowest BCUT2D eigenvalue weighted by Gasteiger charge is -2.01. The zero-order chi connectivity index (χ0) is 10.6. The standard InChI is InChI=1S/C10H17N3O/c1-4-11-7-10(14)6-9-5-8(2)12-13(9)3/h5,11H,4,6-7H2,1-3H3. The van der Waals surface area contributed by atoms with Gasteiger partial charge in [-0.15, -0.1) is 0 Å². The number of hydrogen-bond donors (Lipinski definition) is 1. The summed E-state index contributed by atoms with van der Waals surface area (Å²) >= 11 is 0. The van der Waals surface area contributed by atoms with Crippen LogP contribution in [-0.2, 0) is 18.3 Å². The van der Waals surface area contributed by atoms with E-state index in [1.54, 1.807) is 4.68 Å². The molecule has 1 aromatic heterocycles. The number of carbonyl (C=O) groups is 1. The van der Waals surface area contributed by atoms with Crippen molar-refractivity contribution in [2.45, 2.75) is 20.3 Å². The van der Waals surface area contributed by atoms with Gasteiger partial charge >= 0.3 is 0 Å². The number of aryl methyl sites for hydroxylation is 2. The lowest BCUT2D eigenvalue weighted by Crippen LogP contribution is -2.24. The Morgan fingerprint density at radius 2 is 2.36 bits per heavy atom. The lowest BCUT2D eigenvalue weighted by molar-refractivity contribution is -0.117. The third-order valence-electron chi connectivity index (χ3n) is 2.05. The topological polar surface area (TPSA) is 46.9 Å². The molecule has 1 aromatic rings. The first-order valence-corrected chi connectivity index (χ1v) is 4.85. The van der Waals surface area contributed by atoms with E-state index in [2.05, 4.69) is 10.4 Å². The second-order valence-electron chi connectivity index (χ2n) is 3.40. The minimum absolute atomic E-state index is 0.204. The highest BCUT2D eigenvalue weighted by Crippen LogP contribution is 2.02. The van der Waals surface area contributed by atoms with Gasteiger partial charge < -0.3 is 5.32 Å². The normalized spacial score (nSPS) is 10.5. The van der Waals surface area contributed by atoms with Gasteiger partial charge in [-0.25, -0.2) is 0 Å². The van der Waals surface area contributed by atoms with Crippen LogP contribution in [0, 0.1) is 6.92 Å². The van der Waals surface area contributed by atoms with Crippen molar-refractivity contribution in [3.63, 3.8) is 0 Å². The van der Waals surface area contributed by atoms with Crippen LogP contribution in [0.1, 0.15) is 18.3 Å². The molecule has 0 aliphatic heterocycles. The molecular formula is C10H17N3O. The maximum atomic E-state index is 11.4. The fraction of sp³-hybridized carbons (Fsp3) is 0.600. The van der Waals surface area contributed by atoms with Crippen molar-refractivity contribution in [1.82, 2.24) is 15.1 Å². The molecule has 0 aromatic carbocycles. The molecule has 0 radical (unpaired) electrons. The molecule has 1 N–H and O–H groups in total. The number of carbonyl (C=O) groups excluding carboxylic acids is 1. The van der Waals surface area contributed by atoms with Crippen LogP contribution < -0.4 is 5.32 Å². The quantitative estimate of drug-likeness (QED) is 0.742. The van der Waals surface area contributed by atoms with Crippen LogP contribution in [0.4, 0.5) is 0 Å². The van der Waals surface area contributed by atoms with E-state index >= 15 is 0 Å². The van der Waals surface area contributed by atoms with Gasteiger partial charge in [-0.1, -0.05) is 6.92 Å². The number of ketones is 1. The van der Waals surface area contributed by atoms with Gasteiger partial charge in [0.2, 0.25) is 0 Å². The summed E-state index contributed by atoms with van der Waals surface area (Å²) in [5.41, 5.74) is 1.93. The van der Waals surface area contributed by atoms with Gasteiger partial charge in [-0.2, -0.15) is 5.10 Å². The third-order valence-corrected chi connectivity index (χ3v) is 2.05. The number of aromatic nitrogens is 2. The largest absolute Gasteiger partial charge is 0.310 e. The van der Waals surface area contributed by atoms with Crippen molar-refractivity contribution in [1.29, 1.82) is 0 Å². The van der Waals surface area contributed by atoms with Crippen LogP contribution >= 0.6 is 0 Å². The summed E-state index contributed by atoms with van der Waals surface area (Å²) < 4.78 is 1.76. The van der Waals surface area contributed by atoms with E-state index in [1.807, 2.05) is 27.0 Å². The highest BCUT2D eigenvalue weighted by atomic mass is 16.1. The van der Waals surface area contributed by atoms with E-state index in [1.165, 1.54) is 0 Å². The molecule has 0 unspecified atom stereocenters. The SMILES string of the molecule is CCNCC(=O)Cc1cc(C)nn1C. The number of nitrogens with zero attached hydrogens (tertiary/aromatic N) is 2. The van der Waals surface area contributed by atoms with Crippen LogP contribution in [0.5, 0.6) is 0 Å². The minimum Gasteiger partial charge on any atom is -0.310 e. The number of Topliss-reactive ketones (excluding diaryl/α,β-unsaturated/α-hetero) is 1. The molecule has 78 valence electrons. The Bertz CT molecular complexity index is 317. The molecule has 1 heterocycles. The first kappa shape index (κ1) is 10.9. The Morgan fingerprint density at radius 1 is 1.64 bits per heavy atom. The maximum absolute atomic E-state index is 11.4. The van der Waals surface area contributed by atoms with Gasteiger partial charge in [0, 0.05) is 19.2 Å². The van der Waals surface area contributed by atoms with Crippen LogP contribution in [0.25, 0.3) is 0 Å². The van der Waals surface area contributed by atoms with Gasteiger partial charge in [0.15, 0.2) is 5.78 Å². The molecule has 0 aliphatic rings. The molecule has 14 heavy (non-hydrogen) atoms. The zero-order valence-electron chi connectivity index (χ0n) is 9.00. The van der Waals surface area contributed by atoms with E-state index in [0.717, 1.165) is 17.9 Å². The van der Waals surface area contributed by atoms with Gasteiger partial charge in [0.1, 0.15) is 0 Å². The minimum atomic E-state index is 0.204. The van der Waals surface area contributed by atoms with Crippen LogP contribution in [0.15, 0.2) is 6.07 Å². The van der Waals surface area contributed by atoms with E-state index in [-0.39, 0.29) is 5.78 Å². The van der Waals surface area contributed by atoms with Gasteiger partial charge in [0.05, 0.1) is 12.2 Å². The molecular weight excluding hydrogens is 178 g/mol. The number of likely N-dealkylation sites (N-methyl/N-ethyl adjacent to an activating group) is 1. The maximum Gasteiger partial charge on any atom is 0.152 e. The Kier molecular flexibility index (Phi) is 3.83. The zero-order valence-corrected chi connectivity index (χ0v) is 9.00. The average Bonchev–Trinajstić information content (AvgIpc) is 2.42. The van der Waals surface area contributed by atoms with Crippen molar-refractivity contribution in [3.05, 3.63) is 17.5 Å². The summed E-state index contributed by atoms with van der Waals surface area (Å²) in [5.74, 6) is 0.204. The van der Waals surface area contributed by atoms with Crippen molar-refractivity contribution in [3.8, 4) is 0 Å². The summed E-state index contributed by atoms with van der Waals surface area (Å²) in [7, 11) is 1.86. The van der Waals surface area contributed by atoms with Gasteiger partial charge in [0.25, 0.3) is 0 Å². The first-order valence-electron chi connectivity index (χ1n) is 4.85. The lowest BCUT2D eigenvalue weighted by atomic mass is 10.2. The highest BCUT2D eigenvalue weighted by molar-refractivity contribution is 5.82.